The van der Waals surface area contributed by atoms with Crippen LogP contribution in [0.1, 0.15) is 59.2 Å². The van der Waals surface area contributed by atoms with E-state index in [1.165, 1.54) is 25.7 Å². The Morgan fingerprint density at radius 2 is 2.09 bits per heavy atom. The van der Waals surface area contributed by atoms with Crippen LogP contribution in [-0.4, -0.2) is 39.9 Å². The molecule has 0 aromatic carbocycles. The number of guanidine groups is 1. The van der Waals surface area contributed by atoms with E-state index in [0.717, 1.165) is 37.8 Å². The number of nitrogens with one attached hydrogen (secondary N) is 2. The molecule has 0 bridgehead atoms. The number of aliphatic imine (C=N–C) groups is 1. The van der Waals surface area contributed by atoms with E-state index in [1.54, 1.807) is 6.33 Å². The molecule has 23 heavy (non-hydrogen) atoms. The summed E-state index contributed by atoms with van der Waals surface area (Å²) >= 11 is 0. The molecular formula is C16H33IN6. The van der Waals surface area contributed by atoms with Crippen LogP contribution < -0.4 is 10.6 Å². The van der Waals surface area contributed by atoms with Crippen LogP contribution in [-0.2, 0) is 13.0 Å². The van der Waals surface area contributed by atoms with E-state index >= 15 is 0 Å². The molecule has 134 valence electrons. The number of halogens is 1. The minimum absolute atomic E-state index is 0. The van der Waals surface area contributed by atoms with Crippen molar-refractivity contribution >= 4 is 29.9 Å². The van der Waals surface area contributed by atoms with Crippen molar-refractivity contribution in [3.05, 3.63) is 12.2 Å². The zero-order chi connectivity index (χ0) is 16.2. The standard InChI is InChI=1S/C16H32N6.HI/c1-5-8-9-10-14(4)20-16(17-7-3)18-11-12-22-13-19-21-15(22)6-2;/h13-14H,5-12H2,1-4H3,(H2,17,18,20);1H. The largest absolute Gasteiger partial charge is 0.357 e. The van der Waals surface area contributed by atoms with Crippen molar-refractivity contribution in [2.24, 2.45) is 4.99 Å². The summed E-state index contributed by atoms with van der Waals surface area (Å²) in [5.74, 6) is 1.92. The fourth-order valence-corrected chi connectivity index (χ4v) is 2.34. The van der Waals surface area contributed by atoms with Crippen molar-refractivity contribution in [2.45, 2.75) is 72.4 Å². The van der Waals surface area contributed by atoms with Crippen molar-refractivity contribution in [2.75, 3.05) is 13.1 Å². The molecule has 1 heterocycles. The lowest BCUT2D eigenvalue weighted by atomic mass is 10.1. The number of aromatic nitrogens is 3. The molecule has 0 fully saturated rings. The first kappa shape index (κ1) is 22.1. The molecule has 1 aromatic heterocycles. The monoisotopic (exact) mass is 436 g/mol. The van der Waals surface area contributed by atoms with E-state index in [2.05, 4.69) is 58.1 Å². The van der Waals surface area contributed by atoms with Gasteiger partial charge >= 0.3 is 0 Å². The van der Waals surface area contributed by atoms with Crippen molar-refractivity contribution in [1.29, 1.82) is 0 Å². The number of nitrogens with zero attached hydrogens (tertiary/aromatic N) is 4. The SMILES string of the molecule is CCCCCC(C)NC(=NCCn1cnnc1CC)NCC.I. The van der Waals surface area contributed by atoms with Crippen LogP contribution in [0.2, 0.25) is 0 Å². The molecule has 0 aliphatic rings. The molecule has 0 aliphatic carbocycles. The second-order valence-corrected chi connectivity index (χ2v) is 5.60. The highest BCUT2D eigenvalue weighted by molar-refractivity contribution is 14.0. The van der Waals surface area contributed by atoms with Crippen molar-refractivity contribution < 1.29 is 0 Å². The minimum Gasteiger partial charge on any atom is -0.357 e. The van der Waals surface area contributed by atoms with Crippen LogP contribution in [0.25, 0.3) is 0 Å². The van der Waals surface area contributed by atoms with Gasteiger partial charge in [-0.15, -0.1) is 34.2 Å². The van der Waals surface area contributed by atoms with Crippen molar-refractivity contribution in [1.82, 2.24) is 25.4 Å². The summed E-state index contributed by atoms with van der Waals surface area (Å²) in [4.78, 5) is 4.65. The molecule has 0 radical (unpaired) electrons. The fraction of sp³-hybridized carbons (Fsp3) is 0.812. The lowest BCUT2D eigenvalue weighted by molar-refractivity contribution is 0.546. The summed E-state index contributed by atoms with van der Waals surface area (Å²) in [6.45, 7) is 11.1. The van der Waals surface area contributed by atoms with Gasteiger partial charge in [0, 0.05) is 25.6 Å². The number of hydrogen-bond acceptors (Lipinski definition) is 3. The third-order valence-corrected chi connectivity index (χ3v) is 3.59. The molecule has 1 atom stereocenters. The van der Waals surface area contributed by atoms with E-state index in [0.29, 0.717) is 6.04 Å². The van der Waals surface area contributed by atoms with Crippen molar-refractivity contribution in [3.8, 4) is 0 Å². The van der Waals surface area contributed by atoms with Gasteiger partial charge in [-0.25, -0.2) is 0 Å². The summed E-state index contributed by atoms with van der Waals surface area (Å²) in [7, 11) is 0. The third kappa shape index (κ3) is 9.12. The molecule has 1 rings (SSSR count). The maximum absolute atomic E-state index is 4.65. The van der Waals surface area contributed by atoms with Gasteiger partial charge in [-0.1, -0.05) is 33.1 Å². The van der Waals surface area contributed by atoms with Gasteiger partial charge in [0.05, 0.1) is 6.54 Å². The molecule has 2 N–H and O–H groups in total. The predicted molar refractivity (Wildman–Crippen MR) is 108 cm³/mol. The number of rotatable bonds is 10. The van der Waals surface area contributed by atoms with Gasteiger partial charge < -0.3 is 15.2 Å². The highest BCUT2D eigenvalue weighted by atomic mass is 127. The maximum atomic E-state index is 4.65. The number of hydrogen-bond donors (Lipinski definition) is 2. The Morgan fingerprint density at radius 1 is 1.30 bits per heavy atom. The summed E-state index contributed by atoms with van der Waals surface area (Å²) in [6, 6.07) is 0.450. The highest BCUT2D eigenvalue weighted by Gasteiger charge is 2.05. The molecule has 1 aromatic rings. The Hall–Kier alpha value is -0.860. The minimum atomic E-state index is 0. The van der Waals surface area contributed by atoms with Crippen molar-refractivity contribution in [3.63, 3.8) is 0 Å². The van der Waals surface area contributed by atoms with E-state index < -0.39 is 0 Å². The topological polar surface area (TPSA) is 67.1 Å². The summed E-state index contributed by atoms with van der Waals surface area (Å²) in [5.41, 5.74) is 0. The van der Waals surface area contributed by atoms with Gasteiger partial charge in [0.2, 0.25) is 0 Å². The predicted octanol–water partition coefficient (Wildman–Crippen LogP) is 2.98. The zero-order valence-corrected chi connectivity index (χ0v) is 17.3. The molecule has 0 saturated carbocycles. The molecule has 0 saturated heterocycles. The molecule has 1 unspecified atom stereocenters. The van der Waals surface area contributed by atoms with Crippen LogP contribution in [0.4, 0.5) is 0 Å². The number of aryl methyl sites for hydroxylation is 1. The highest BCUT2D eigenvalue weighted by Crippen LogP contribution is 2.02. The summed E-state index contributed by atoms with van der Waals surface area (Å²) in [6.07, 6.45) is 7.69. The molecule has 6 nitrogen and oxygen atoms in total. The lowest BCUT2D eigenvalue weighted by Crippen LogP contribution is -2.42. The Kier molecular flexibility index (Phi) is 13.1. The molecular weight excluding hydrogens is 403 g/mol. The number of unbranched alkanes of at least 4 members (excludes halogenated alkanes) is 2. The van der Waals surface area contributed by atoms with Gasteiger partial charge in [-0.05, 0) is 20.3 Å². The Morgan fingerprint density at radius 3 is 2.74 bits per heavy atom. The maximum Gasteiger partial charge on any atom is 0.191 e. The quantitative estimate of drug-likeness (QED) is 0.256. The van der Waals surface area contributed by atoms with Gasteiger partial charge in [0.1, 0.15) is 12.2 Å². The van der Waals surface area contributed by atoms with Gasteiger partial charge in [-0.2, -0.15) is 0 Å². The van der Waals surface area contributed by atoms with E-state index in [-0.39, 0.29) is 24.0 Å². The van der Waals surface area contributed by atoms with Gasteiger partial charge in [-0.3, -0.25) is 4.99 Å². The zero-order valence-electron chi connectivity index (χ0n) is 15.0. The van der Waals surface area contributed by atoms with Crippen LogP contribution in [0, 0.1) is 0 Å². The van der Waals surface area contributed by atoms with Gasteiger partial charge in [0.25, 0.3) is 0 Å². The second-order valence-electron chi connectivity index (χ2n) is 5.60. The third-order valence-electron chi connectivity index (χ3n) is 3.59. The molecule has 0 spiro atoms. The van der Waals surface area contributed by atoms with Crippen LogP contribution >= 0.6 is 24.0 Å². The second kappa shape index (κ2) is 13.6. The van der Waals surface area contributed by atoms with Gasteiger partial charge in [0.15, 0.2) is 5.96 Å². The Balaban J connectivity index is 0.00000484. The fourth-order valence-electron chi connectivity index (χ4n) is 2.34. The molecule has 0 aliphatic heterocycles. The molecule has 7 heteroatoms. The smallest absolute Gasteiger partial charge is 0.191 e. The first-order valence-corrected chi connectivity index (χ1v) is 8.62. The first-order valence-electron chi connectivity index (χ1n) is 8.62. The van der Waals surface area contributed by atoms with Crippen LogP contribution in [0.15, 0.2) is 11.3 Å². The van der Waals surface area contributed by atoms with E-state index in [1.807, 2.05) is 0 Å². The summed E-state index contributed by atoms with van der Waals surface area (Å²) < 4.78 is 2.07. The Labute approximate surface area is 158 Å². The normalized spacial score (nSPS) is 12.6. The van der Waals surface area contributed by atoms with Crippen LogP contribution in [0.3, 0.4) is 0 Å². The van der Waals surface area contributed by atoms with Crippen LogP contribution in [0.5, 0.6) is 0 Å². The Bertz CT molecular complexity index is 432. The first-order chi connectivity index (χ1) is 10.7. The average molecular weight is 436 g/mol. The van der Waals surface area contributed by atoms with E-state index in [4.69, 9.17) is 0 Å². The summed E-state index contributed by atoms with van der Waals surface area (Å²) in [5, 5.41) is 14.8. The molecule has 0 amide bonds. The van der Waals surface area contributed by atoms with E-state index in [9.17, 15) is 0 Å². The average Bonchev–Trinajstić information content (AvgIpc) is 2.95. The lowest BCUT2D eigenvalue weighted by Gasteiger charge is -2.17.